The Bertz CT molecular complexity index is 481. The van der Waals surface area contributed by atoms with E-state index in [1.54, 1.807) is 12.1 Å². The summed E-state index contributed by atoms with van der Waals surface area (Å²) in [5.41, 5.74) is 6.44. The van der Waals surface area contributed by atoms with Crippen LogP contribution in [0.25, 0.3) is 0 Å². The van der Waals surface area contributed by atoms with Crippen molar-refractivity contribution in [3.63, 3.8) is 0 Å². The van der Waals surface area contributed by atoms with E-state index in [1.807, 2.05) is 6.92 Å². The Morgan fingerprint density at radius 2 is 2.05 bits per heavy atom. The summed E-state index contributed by atoms with van der Waals surface area (Å²) in [5.74, 6) is -0.483. The van der Waals surface area contributed by atoms with Gasteiger partial charge >= 0.3 is 0 Å². The van der Waals surface area contributed by atoms with E-state index in [0.29, 0.717) is 22.8 Å². The van der Waals surface area contributed by atoms with Gasteiger partial charge in [0.05, 0.1) is 17.1 Å². The van der Waals surface area contributed by atoms with E-state index >= 15 is 0 Å². The highest BCUT2D eigenvalue weighted by Gasteiger charge is 2.19. The van der Waals surface area contributed by atoms with E-state index in [9.17, 15) is 9.59 Å². The molecule has 0 saturated heterocycles. The number of hydrogen-bond acceptors (Lipinski definition) is 3. The van der Waals surface area contributed by atoms with Crippen LogP contribution in [-0.2, 0) is 4.79 Å². The third-order valence-corrected chi connectivity index (χ3v) is 2.93. The van der Waals surface area contributed by atoms with Crippen LogP contribution in [0.1, 0.15) is 23.7 Å². The quantitative estimate of drug-likeness (QED) is 0.814. The molecule has 1 aromatic carbocycles. The third kappa shape index (κ3) is 4.90. The number of halogens is 2. The minimum Gasteiger partial charge on any atom is -0.399 e. The molecular formula is C13H19Cl2N3O2. The number of rotatable bonds is 5. The maximum Gasteiger partial charge on any atom is 0.255 e. The average molecular weight is 320 g/mol. The van der Waals surface area contributed by atoms with Crippen molar-refractivity contribution in [3.05, 3.63) is 28.8 Å². The number of hydrogen-bond donors (Lipinski definition) is 2. The fraction of sp³-hybridized carbons (Fsp3) is 0.385. The number of carbonyl (C=O) groups is 2. The van der Waals surface area contributed by atoms with Gasteiger partial charge in [-0.2, -0.15) is 0 Å². The lowest BCUT2D eigenvalue weighted by molar-refractivity contribution is -0.121. The Hall–Kier alpha value is -1.46. The second kappa shape index (κ2) is 8.66. The summed E-state index contributed by atoms with van der Waals surface area (Å²) >= 11 is 6.01. The Morgan fingerprint density at radius 1 is 1.40 bits per heavy atom. The minimum absolute atomic E-state index is 0. The van der Waals surface area contributed by atoms with Crippen LogP contribution < -0.4 is 11.1 Å². The van der Waals surface area contributed by atoms with Crippen LogP contribution in [0, 0.1) is 0 Å². The van der Waals surface area contributed by atoms with Crippen LogP contribution in [0.2, 0.25) is 5.02 Å². The normalized spacial score (nSPS) is 9.55. The van der Waals surface area contributed by atoms with Gasteiger partial charge in [-0.3, -0.25) is 9.59 Å². The molecule has 5 nitrogen and oxygen atoms in total. The number of amides is 2. The maximum atomic E-state index is 12.3. The molecule has 0 spiro atoms. The van der Waals surface area contributed by atoms with Crippen molar-refractivity contribution >= 4 is 41.5 Å². The lowest BCUT2D eigenvalue weighted by Gasteiger charge is -2.21. The predicted octanol–water partition coefficient (Wildman–Crippen LogP) is 1.94. The summed E-state index contributed by atoms with van der Waals surface area (Å²) in [5, 5.41) is 2.79. The maximum absolute atomic E-state index is 12.3. The zero-order valence-corrected chi connectivity index (χ0v) is 13.1. The number of carbonyl (C=O) groups excluding carboxylic acids is 2. The van der Waals surface area contributed by atoms with Crippen LogP contribution in [0.15, 0.2) is 18.2 Å². The number of nitrogens with one attached hydrogen (secondary N) is 1. The minimum atomic E-state index is -0.268. The Morgan fingerprint density at radius 3 is 2.55 bits per heavy atom. The Labute approximate surface area is 129 Å². The molecular weight excluding hydrogens is 301 g/mol. The molecule has 3 N–H and O–H groups in total. The van der Waals surface area contributed by atoms with E-state index in [4.69, 9.17) is 17.3 Å². The molecule has 1 rings (SSSR count). The summed E-state index contributed by atoms with van der Waals surface area (Å²) < 4.78 is 0. The molecule has 0 unspecified atom stereocenters. The first-order valence-corrected chi connectivity index (χ1v) is 6.42. The predicted molar refractivity (Wildman–Crippen MR) is 83.4 cm³/mol. The van der Waals surface area contributed by atoms with Gasteiger partial charge in [-0.25, -0.2) is 0 Å². The highest BCUT2D eigenvalue weighted by Crippen LogP contribution is 2.20. The molecule has 20 heavy (non-hydrogen) atoms. The van der Waals surface area contributed by atoms with Gasteiger partial charge in [0.2, 0.25) is 5.91 Å². The standard InChI is InChI=1S/C13H18ClN3O2.ClH/c1-3-6-17(8-12(18)16-2)13(19)10-5-4-9(15)7-11(10)14;/h4-5,7H,3,6,8,15H2,1-2H3,(H,16,18);1H. The summed E-state index contributed by atoms with van der Waals surface area (Å²) in [6.45, 7) is 2.45. The van der Waals surface area contributed by atoms with Crippen LogP contribution in [0.5, 0.6) is 0 Å². The molecule has 0 heterocycles. The Balaban J connectivity index is 0.00000361. The van der Waals surface area contributed by atoms with Crippen molar-refractivity contribution in [2.45, 2.75) is 13.3 Å². The summed E-state index contributed by atoms with van der Waals surface area (Å²) in [6, 6.07) is 4.72. The van der Waals surface area contributed by atoms with Crippen molar-refractivity contribution in [3.8, 4) is 0 Å². The van der Waals surface area contributed by atoms with Gasteiger partial charge in [0.1, 0.15) is 0 Å². The molecule has 0 aromatic heterocycles. The second-order valence-corrected chi connectivity index (χ2v) is 4.55. The van der Waals surface area contributed by atoms with E-state index in [2.05, 4.69) is 5.32 Å². The number of nitrogens with two attached hydrogens (primary N) is 1. The van der Waals surface area contributed by atoms with Gasteiger partial charge in [-0.15, -0.1) is 12.4 Å². The first-order chi connectivity index (χ1) is 8.99. The molecule has 0 saturated carbocycles. The van der Waals surface area contributed by atoms with Crippen LogP contribution in [0.4, 0.5) is 5.69 Å². The van der Waals surface area contributed by atoms with Gasteiger partial charge in [0, 0.05) is 19.3 Å². The number of nitrogen functional groups attached to an aromatic ring is 1. The molecule has 0 bridgehead atoms. The lowest BCUT2D eigenvalue weighted by atomic mass is 10.1. The Kier molecular flexibility index (Phi) is 8.03. The zero-order chi connectivity index (χ0) is 14.4. The molecule has 0 aliphatic carbocycles. The molecule has 0 aliphatic heterocycles. The fourth-order valence-electron chi connectivity index (χ4n) is 1.65. The lowest BCUT2D eigenvalue weighted by Crippen LogP contribution is -2.40. The van der Waals surface area contributed by atoms with Gasteiger partial charge < -0.3 is 16.0 Å². The van der Waals surface area contributed by atoms with Crippen LogP contribution in [-0.4, -0.2) is 36.9 Å². The highest BCUT2D eigenvalue weighted by molar-refractivity contribution is 6.34. The molecule has 112 valence electrons. The van der Waals surface area contributed by atoms with Gasteiger partial charge in [-0.1, -0.05) is 18.5 Å². The zero-order valence-electron chi connectivity index (χ0n) is 11.5. The molecule has 7 heteroatoms. The molecule has 0 fully saturated rings. The number of likely N-dealkylation sites (N-methyl/N-ethyl adjacent to an activating group) is 1. The SMILES string of the molecule is CCCN(CC(=O)NC)C(=O)c1ccc(N)cc1Cl.Cl. The van der Waals surface area contributed by atoms with Gasteiger partial charge in [0.25, 0.3) is 5.91 Å². The number of nitrogens with zero attached hydrogens (tertiary/aromatic N) is 1. The van der Waals surface area contributed by atoms with Crippen molar-refractivity contribution in [2.75, 3.05) is 25.9 Å². The average Bonchev–Trinajstić information content (AvgIpc) is 2.37. The smallest absolute Gasteiger partial charge is 0.255 e. The highest BCUT2D eigenvalue weighted by atomic mass is 35.5. The summed E-state index contributed by atoms with van der Waals surface area (Å²) in [4.78, 5) is 25.2. The second-order valence-electron chi connectivity index (χ2n) is 4.14. The van der Waals surface area contributed by atoms with Crippen LogP contribution >= 0.6 is 24.0 Å². The first kappa shape index (κ1) is 18.5. The monoisotopic (exact) mass is 319 g/mol. The molecule has 0 atom stereocenters. The van der Waals surface area contributed by atoms with Crippen LogP contribution in [0.3, 0.4) is 0 Å². The van der Waals surface area contributed by atoms with E-state index in [1.165, 1.54) is 18.0 Å². The topological polar surface area (TPSA) is 75.4 Å². The third-order valence-electron chi connectivity index (χ3n) is 2.62. The van der Waals surface area contributed by atoms with E-state index in [-0.39, 0.29) is 30.8 Å². The van der Waals surface area contributed by atoms with Crippen molar-refractivity contribution in [2.24, 2.45) is 0 Å². The van der Waals surface area contributed by atoms with E-state index in [0.717, 1.165) is 6.42 Å². The molecule has 2 amide bonds. The number of benzene rings is 1. The van der Waals surface area contributed by atoms with Crippen molar-refractivity contribution in [1.82, 2.24) is 10.2 Å². The van der Waals surface area contributed by atoms with Crippen molar-refractivity contribution in [1.29, 1.82) is 0 Å². The largest absolute Gasteiger partial charge is 0.399 e. The summed E-state index contributed by atoms with van der Waals surface area (Å²) in [7, 11) is 1.53. The number of anilines is 1. The molecule has 0 radical (unpaired) electrons. The van der Waals surface area contributed by atoms with E-state index < -0.39 is 0 Å². The molecule has 0 aliphatic rings. The van der Waals surface area contributed by atoms with Gasteiger partial charge in [-0.05, 0) is 24.6 Å². The summed E-state index contributed by atoms with van der Waals surface area (Å²) in [6.07, 6.45) is 0.759. The van der Waals surface area contributed by atoms with Gasteiger partial charge in [0.15, 0.2) is 0 Å². The first-order valence-electron chi connectivity index (χ1n) is 6.04. The molecule has 1 aromatic rings. The van der Waals surface area contributed by atoms with Crippen molar-refractivity contribution < 1.29 is 9.59 Å². The fourth-order valence-corrected chi connectivity index (χ4v) is 1.92.